The van der Waals surface area contributed by atoms with E-state index in [9.17, 15) is 9.18 Å². The second kappa shape index (κ2) is 7.75. The van der Waals surface area contributed by atoms with E-state index in [0.29, 0.717) is 12.2 Å². The smallest absolute Gasteiger partial charge is 0.271 e. The molecule has 0 spiro atoms. The zero-order chi connectivity index (χ0) is 14.5. The number of amides is 1. The Morgan fingerprint density at radius 3 is 2.76 bits per heavy atom. The first kappa shape index (κ1) is 17.1. The summed E-state index contributed by atoms with van der Waals surface area (Å²) in [7, 11) is 1.82. The van der Waals surface area contributed by atoms with E-state index in [1.54, 1.807) is 30.5 Å². The summed E-state index contributed by atoms with van der Waals surface area (Å²) in [4.78, 5) is 11.9. The summed E-state index contributed by atoms with van der Waals surface area (Å²) in [5.41, 5.74) is 0.576. The fraction of sp³-hybridized carbons (Fsp3) is 0.286. The first-order valence-corrected chi connectivity index (χ1v) is 6.38. The summed E-state index contributed by atoms with van der Waals surface area (Å²) < 4.78 is 15.0. The maximum absolute atomic E-state index is 13.6. The molecule has 1 atom stereocenters. The van der Waals surface area contributed by atoms with Crippen LogP contribution in [-0.4, -0.2) is 35.3 Å². The van der Waals surface area contributed by atoms with Crippen LogP contribution in [0.25, 0.3) is 5.69 Å². The Balaban J connectivity index is 0.00000220. The van der Waals surface area contributed by atoms with Gasteiger partial charge in [0.2, 0.25) is 0 Å². The zero-order valence-electron chi connectivity index (χ0n) is 11.8. The zero-order valence-corrected chi connectivity index (χ0v) is 12.7. The van der Waals surface area contributed by atoms with E-state index in [4.69, 9.17) is 0 Å². The van der Waals surface area contributed by atoms with Crippen LogP contribution < -0.4 is 10.6 Å². The average molecular weight is 313 g/mol. The number of likely N-dealkylation sites (N-methyl/N-ethyl adjacent to an activating group) is 1. The highest BCUT2D eigenvalue weighted by Gasteiger charge is 2.12. The number of para-hydroxylation sites is 1. The Kier molecular flexibility index (Phi) is 6.33. The van der Waals surface area contributed by atoms with Gasteiger partial charge < -0.3 is 10.6 Å². The van der Waals surface area contributed by atoms with Crippen LogP contribution in [0.1, 0.15) is 17.4 Å². The fourth-order valence-electron chi connectivity index (χ4n) is 1.66. The van der Waals surface area contributed by atoms with Crippen molar-refractivity contribution in [3.8, 4) is 5.69 Å². The predicted octanol–water partition coefficient (Wildman–Crippen LogP) is 1.77. The minimum absolute atomic E-state index is 0. The second-order valence-electron chi connectivity index (χ2n) is 4.50. The predicted molar refractivity (Wildman–Crippen MR) is 81.6 cm³/mol. The van der Waals surface area contributed by atoms with Gasteiger partial charge >= 0.3 is 0 Å². The minimum Gasteiger partial charge on any atom is -0.349 e. The van der Waals surface area contributed by atoms with Gasteiger partial charge in [0.25, 0.3) is 5.91 Å². The summed E-state index contributed by atoms with van der Waals surface area (Å²) >= 11 is 0. The monoisotopic (exact) mass is 312 g/mol. The van der Waals surface area contributed by atoms with Crippen LogP contribution in [0.2, 0.25) is 0 Å². The van der Waals surface area contributed by atoms with E-state index in [0.717, 1.165) is 0 Å². The average Bonchev–Trinajstić information content (AvgIpc) is 2.94. The number of benzene rings is 1. The number of halogens is 2. The Morgan fingerprint density at radius 2 is 2.10 bits per heavy atom. The first-order chi connectivity index (χ1) is 9.61. The standard InChI is InChI=1S/C14H17FN4O.ClH/c1-10(16-2)9-17-14(20)12-7-8-19(18-12)13-6-4-3-5-11(13)15;/h3-8,10,16H,9H2,1-2H3,(H,17,20);1H. The van der Waals surface area contributed by atoms with Crippen LogP contribution in [0.15, 0.2) is 36.5 Å². The molecule has 0 bridgehead atoms. The summed E-state index contributed by atoms with van der Waals surface area (Å²) in [5, 5.41) is 9.87. The van der Waals surface area contributed by atoms with Gasteiger partial charge in [-0.3, -0.25) is 4.79 Å². The number of nitrogens with zero attached hydrogens (tertiary/aromatic N) is 2. The normalized spacial score (nSPS) is 11.6. The number of nitrogens with one attached hydrogen (secondary N) is 2. The van der Waals surface area contributed by atoms with E-state index >= 15 is 0 Å². The molecule has 0 aliphatic rings. The number of hydrogen-bond acceptors (Lipinski definition) is 3. The Labute approximate surface area is 129 Å². The van der Waals surface area contributed by atoms with Crippen molar-refractivity contribution in [2.45, 2.75) is 13.0 Å². The molecule has 1 aromatic heterocycles. The van der Waals surface area contributed by atoms with E-state index in [2.05, 4.69) is 15.7 Å². The van der Waals surface area contributed by atoms with Gasteiger partial charge in [0.05, 0.1) is 0 Å². The molecule has 1 amide bonds. The van der Waals surface area contributed by atoms with E-state index in [1.807, 2.05) is 14.0 Å². The molecule has 114 valence electrons. The second-order valence-corrected chi connectivity index (χ2v) is 4.50. The van der Waals surface area contributed by atoms with Gasteiger partial charge in [-0.2, -0.15) is 5.10 Å². The molecule has 5 nitrogen and oxygen atoms in total. The maximum Gasteiger partial charge on any atom is 0.271 e. The molecule has 0 radical (unpaired) electrons. The molecule has 1 heterocycles. The van der Waals surface area contributed by atoms with Crippen molar-refractivity contribution >= 4 is 18.3 Å². The van der Waals surface area contributed by atoms with Gasteiger partial charge in [-0.05, 0) is 32.2 Å². The van der Waals surface area contributed by atoms with Crippen molar-refractivity contribution in [3.63, 3.8) is 0 Å². The van der Waals surface area contributed by atoms with Crippen molar-refractivity contribution in [1.82, 2.24) is 20.4 Å². The fourth-order valence-corrected chi connectivity index (χ4v) is 1.66. The quantitative estimate of drug-likeness (QED) is 0.884. The maximum atomic E-state index is 13.6. The van der Waals surface area contributed by atoms with Crippen molar-refractivity contribution < 1.29 is 9.18 Å². The highest BCUT2D eigenvalue weighted by Crippen LogP contribution is 2.12. The van der Waals surface area contributed by atoms with E-state index < -0.39 is 0 Å². The van der Waals surface area contributed by atoms with Gasteiger partial charge in [0.1, 0.15) is 11.5 Å². The lowest BCUT2D eigenvalue weighted by Crippen LogP contribution is -2.37. The molecule has 0 aliphatic heterocycles. The molecular weight excluding hydrogens is 295 g/mol. The van der Waals surface area contributed by atoms with Crippen molar-refractivity contribution in [2.24, 2.45) is 0 Å². The van der Waals surface area contributed by atoms with Gasteiger partial charge in [-0.25, -0.2) is 9.07 Å². The van der Waals surface area contributed by atoms with Gasteiger partial charge in [-0.15, -0.1) is 12.4 Å². The number of carbonyl (C=O) groups excluding carboxylic acids is 1. The summed E-state index contributed by atoms with van der Waals surface area (Å²) in [5.74, 6) is -0.659. The molecule has 0 aliphatic carbocycles. The SMILES string of the molecule is CNC(C)CNC(=O)c1ccn(-c2ccccc2F)n1.Cl. The molecule has 0 saturated heterocycles. The van der Waals surface area contributed by atoms with Gasteiger partial charge in [-0.1, -0.05) is 12.1 Å². The van der Waals surface area contributed by atoms with Crippen molar-refractivity contribution in [1.29, 1.82) is 0 Å². The number of carbonyl (C=O) groups is 1. The van der Waals surface area contributed by atoms with Crippen LogP contribution in [0.4, 0.5) is 4.39 Å². The van der Waals surface area contributed by atoms with Crippen LogP contribution in [0, 0.1) is 5.82 Å². The molecule has 2 N–H and O–H groups in total. The molecule has 7 heteroatoms. The Hall–Kier alpha value is -1.92. The van der Waals surface area contributed by atoms with Gasteiger partial charge in [0.15, 0.2) is 5.69 Å². The number of rotatable bonds is 5. The highest BCUT2D eigenvalue weighted by atomic mass is 35.5. The molecule has 1 unspecified atom stereocenters. The molecule has 2 rings (SSSR count). The largest absolute Gasteiger partial charge is 0.349 e. The number of aromatic nitrogens is 2. The first-order valence-electron chi connectivity index (χ1n) is 6.38. The molecule has 0 fully saturated rings. The minimum atomic E-state index is -0.383. The van der Waals surface area contributed by atoms with Crippen LogP contribution in [0.3, 0.4) is 0 Å². The Bertz CT molecular complexity index is 602. The summed E-state index contributed by atoms with van der Waals surface area (Å²) in [6.45, 7) is 2.46. The van der Waals surface area contributed by atoms with Crippen LogP contribution in [-0.2, 0) is 0 Å². The number of hydrogen-bond donors (Lipinski definition) is 2. The molecule has 0 saturated carbocycles. The summed E-state index contributed by atoms with van der Waals surface area (Å²) in [6, 6.07) is 8.01. The molecule has 2 aromatic rings. The topological polar surface area (TPSA) is 58.9 Å². The molecule has 21 heavy (non-hydrogen) atoms. The lowest BCUT2D eigenvalue weighted by Gasteiger charge is -2.10. The highest BCUT2D eigenvalue weighted by molar-refractivity contribution is 5.92. The van der Waals surface area contributed by atoms with Crippen molar-refractivity contribution in [3.05, 3.63) is 48.0 Å². The lowest BCUT2D eigenvalue weighted by molar-refractivity contribution is 0.0945. The third-order valence-electron chi connectivity index (χ3n) is 2.98. The molecular formula is C14H18ClFN4O. The summed E-state index contributed by atoms with van der Waals surface area (Å²) in [6.07, 6.45) is 1.56. The Morgan fingerprint density at radius 1 is 1.38 bits per heavy atom. The van der Waals surface area contributed by atoms with Crippen LogP contribution >= 0.6 is 12.4 Å². The van der Waals surface area contributed by atoms with E-state index in [-0.39, 0.29) is 35.9 Å². The molecule has 1 aromatic carbocycles. The third-order valence-corrected chi connectivity index (χ3v) is 2.98. The third kappa shape index (κ3) is 4.27. The lowest BCUT2D eigenvalue weighted by atomic mass is 10.3. The van der Waals surface area contributed by atoms with Gasteiger partial charge in [0, 0.05) is 18.8 Å². The van der Waals surface area contributed by atoms with E-state index in [1.165, 1.54) is 10.7 Å². The van der Waals surface area contributed by atoms with Crippen molar-refractivity contribution in [2.75, 3.05) is 13.6 Å². The van der Waals surface area contributed by atoms with Crippen LogP contribution in [0.5, 0.6) is 0 Å².